The van der Waals surface area contributed by atoms with Gasteiger partial charge in [-0.1, -0.05) is 30.2 Å². The Balaban J connectivity index is 1.36. The lowest BCUT2D eigenvalue weighted by atomic mass is 9.91. The van der Waals surface area contributed by atoms with Crippen LogP contribution in [0.25, 0.3) is 0 Å². The Morgan fingerprint density at radius 2 is 1.85 bits per heavy atom. The molecule has 6 nitrogen and oxygen atoms in total. The van der Waals surface area contributed by atoms with Crippen LogP contribution in [0.5, 0.6) is 0 Å². The number of rotatable bonds is 4. The van der Waals surface area contributed by atoms with Crippen molar-refractivity contribution in [2.75, 3.05) is 26.7 Å². The lowest BCUT2D eigenvalue weighted by molar-refractivity contribution is 0.00410. The molecule has 3 N–H and O–H groups in total. The van der Waals surface area contributed by atoms with Crippen molar-refractivity contribution in [3.8, 4) is 0 Å². The SMILES string of the molecule is CN1NC(N)=NC1N1CCC(N2CCCCC2Cc2ccc(Cl)cc2)CC1. The van der Waals surface area contributed by atoms with Crippen LogP contribution >= 0.6 is 11.6 Å². The van der Waals surface area contributed by atoms with Gasteiger partial charge >= 0.3 is 0 Å². The summed E-state index contributed by atoms with van der Waals surface area (Å²) >= 11 is 6.05. The van der Waals surface area contributed by atoms with Gasteiger partial charge in [-0.2, -0.15) is 5.01 Å². The number of benzene rings is 1. The van der Waals surface area contributed by atoms with Gasteiger partial charge in [-0.3, -0.25) is 15.2 Å². The highest BCUT2D eigenvalue weighted by atomic mass is 35.5. The van der Waals surface area contributed by atoms with Crippen molar-refractivity contribution in [1.29, 1.82) is 0 Å². The first-order valence-corrected chi connectivity index (χ1v) is 10.5. The third kappa shape index (κ3) is 4.40. The number of halogens is 1. The molecule has 0 aliphatic carbocycles. The van der Waals surface area contributed by atoms with Gasteiger partial charge in [0, 0.05) is 37.2 Å². The van der Waals surface area contributed by atoms with Gasteiger partial charge in [0.2, 0.25) is 5.96 Å². The summed E-state index contributed by atoms with van der Waals surface area (Å²) in [6, 6.07) is 9.73. The van der Waals surface area contributed by atoms with E-state index >= 15 is 0 Å². The number of nitrogens with zero attached hydrogens (tertiary/aromatic N) is 4. The molecule has 7 heteroatoms. The number of guanidine groups is 1. The van der Waals surface area contributed by atoms with E-state index in [1.165, 1.54) is 44.2 Å². The largest absolute Gasteiger partial charge is 0.369 e. The van der Waals surface area contributed by atoms with Crippen molar-refractivity contribution in [1.82, 2.24) is 20.2 Å². The van der Waals surface area contributed by atoms with Crippen molar-refractivity contribution < 1.29 is 0 Å². The van der Waals surface area contributed by atoms with Crippen LogP contribution in [-0.2, 0) is 6.42 Å². The summed E-state index contributed by atoms with van der Waals surface area (Å²) in [4.78, 5) is 9.75. The number of hydrogen-bond acceptors (Lipinski definition) is 6. The van der Waals surface area contributed by atoms with Crippen molar-refractivity contribution >= 4 is 17.6 Å². The van der Waals surface area contributed by atoms with Gasteiger partial charge in [-0.15, -0.1) is 0 Å². The predicted octanol–water partition coefficient (Wildman–Crippen LogP) is 2.25. The molecular weight excluding hydrogens is 360 g/mol. The van der Waals surface area contributed by atoms with Gasteiger partial charge < -0.3 is 5.73 Å². The van der Waals surface area contributed by atoms with Crippen LogP contribution < -0.4 is 11.2 Å². The Morgan fingerprint density at radius 1 is 1.11 bits per heavy atom. The van der Waals surface area contributed by atoms with E-state index in [1.54, 1.807) is 0 Å². The highest BCUT2D eigenvalue weighted by Crippen LogP contribution is 2.28. The van der Waals surface area contributed by atoms with Crippen molar-refractivity contribution in [3.05, 3.63) is 34.9 Å². The van der Waals surface area contributed by atoms with Crippen molar-refractivity contribution in [3.63, 3.8) is 0 Å². The zero-order chi connectivity index (χ0) is 18.8. The molecule has 27 heavy (non-hydrogen) atoms. The number of aliphatic imine (C=N–C) groups is 1. The van der Waals surface area contributed by atoms with E-state index in [9.17, 15) is 0 Å². The zero-order valence-corrected chi connectivity index (χ0v) is 16.9. The van der Waals surface area contributed by atoms with Gasteiger partial charge in [0.1, 0.15) is 0 Å². The minimum Gasteiger partial charge on any atom is -0.369 e. The third-order valence-electron chi connectivity index (χ3n) is 6.24. The molecule has 2 unspecified atom stereocenters. The molecule has 3 aliphatic rings. The molecule has 0 aromatic heterocycles. The van der Waals surface area contributed by atoms with Gasteiger partial charge in [-0.05, 0) is 56.3 Å². The summed E-state index contributed by atoms with van der Waals surface area (Å²) in [5, 5.41) is 2.82. The zero-order valence-electron chi connectivity index (χ0n) is 16.1. The number of hydrazine groups is 1. The van der Waals surface area contributed by atoms with E-state index < -0.39 is 0 Å². The standard InChI is InChI=1S/C20H31ClN6/c1-25-20(23-19(22)24-25)26-12-9-17(10-13-26)27-11-3-2-4-18(27)14-15-5-7-16(21)8-6-15/h5-8,17-18,20H,2-4,9-14H2,1H3,(H3,22,23,24). The highest BCUT2D eigenvalue weighted by Gasteiger charge is 2.35. The van der Waals surface area contributed by atoms with E-state index in [0.29, 0.717) is 18.0 Å². The summed E-state index contributed by atoms with van der Waals surface area (Å²) < 4.78 is 0. The molecule has 0 saturated carbocycles. The Kier molecular flexibility index (Phi) is 5.88. The number of nitrogens with one attached hydrogen (secondary N) is 1. The lowest BCUT2D eigenvalue weighted by Crippen LogP contribution is -2.55. The first kappa shape index (κ1) is 19.0. The van der Waals surface area contributed by atoms with E-state index in [4.69, 9.17) is 17.3 Å². The van der Waals surface area contributed by atoms with E-state index in [2.05, 4.69) is 32.4 Å². The molecule has 2 fully saturated rings. The molecule has 0 radical (unpaired) electrons. The fraction of sp³-hybridized carbons (Fsp3) is 0.650. The summed E-state index contributed by atoms with van der Waals surface area (Å²) in [5.74, 6) is 0.517. The van der Waals surface area contributed by atoms with E-state index in [0.717, 1.165) is 24.5 Å². The average Bonchev–Trinajstić information content (AvgIpc) is 3.02. The van der Waals surface area contributed by atoms with Gasteiger partial charge in [-0.25, -0.2) is 4.99 Å². The van der Waals surface area contributed by atoms with E-state index in [-0.39, 0.29) is 6.29 Å². The monoisotopic (exact) mass is 390 g/mol. The van der Waals surface area contributed by atoms with Crippen LogP contribution in [0.15, 0.2) is 29.3 Å². The molecule has 2 saturated heterocycles. The number of likely N-dealkylation sites (tertiary alicyclic amines) is 2. The average molecular weight is 391 g/mol. The fourth-order valence-electron chi connectivity index (χ4n) is 4.87. The molecule has 3 aliphatic heterocycles. The normalized spacial score (nSPS) is 28.9. The molecule has 0 amide bonds. The van der Waals surface area contributed by atoms with Crippen LogP contribution in [0.3, 0.4) is 0 Å². The van der Waals surface area contributed by atoms with Crippen LogP contribution in [0.2, 0.25) is 5.02 Å². The molecule has 4 rings (SSSR count). The minimum atomic E-state index is 0.0390. The van der Waals surface area contributed by atoms with Crippen molar-refractivity contribution in [2.24, 2.45) is 10.7 Å². The summed E-state index contributed by atoms with van der Waals surface area (Å²) in [6.45, 7) is 3.38. The van der Waals surface area contributed by atoms with E-state index in [1.807, 2.05) is 24.2 Å². The molecule has 1 aromatic carbocycles. The second-order valence-electron chi connectivity index (χ2n) is 8.07. The molecule has 0 spiro atoms. The Bertz CT molecular complexity index is 655. The highest BCUT2D eigenvalue weighted by molar-refractivity contribution is 6.30. The molecule has 148 valence electrons. The molecule has 1 aromatic rings. The van der Waals surface area contributed by atoms with Crippen molar-refractivity contribution in [2.45, 2.75) is 56.9 Å². The predicted molar refractivity (Wildman–Crippen MR) is 110 cm³/mol. The Labute approximate surface area is 167 Å². The second kappa shape index (κ2) is 8.35. The van der Waals surface area contributed by atoms with Gasteiger partial charge in [0.25, 0.3) is 0 Å². The first-order valence-electron chi connectivity index (χ1n) is 10.2. The molecule has 3 heterocycles. The van der Waals surface area contributed by atoms with Crippen LogP contribution in [0, 0.1) is 0 Å². The van der Waals surface area contributed by atoms with Crippen LogP contribution in [-0.4, -0.2) is 65.8 Å². The number of nitrogens with two attached hydrogens (primary N) is 1. The minimum absolute atomic E-state index is 0.0390. The number of piperidine rings is 2. The quantitative estimate of drug-likeness (QED) is 0.825. The van der Waals surface area contributed by atoms with Crippen LogP contribution in [0.4, 0.5) is 0 Å². The molecular formula is C20H31ClN6. The smallest absolute Gasteiger partial charge is 0.206 e. The second-order valence-corrected chi connectivity index (χ2v) is 8.51. The summed E-state index contributed by atoms with van der Waals surface area (Å²) in [7, 11) is 2.01. The molecule has 0 bridgehead atoms. The maximum absolute atomic E-state index is 6.05. The van der Waals surface area contributed by atoms with Crippen LogP contribution in [0.1, 0.15) is 37.7 Å². The molecule has 2 atom stereocenters. The van der Waals surface area contributed by atoms with Gasteiger partial charge in [0.05, 0.1) is 0 Å². The first-order chi connectivity index (χ1) is 13.1. The Hall–Kier alpha value is -1.34. The van der Waals surface area contributed by atoms with Gasteiger partial charge in [0.15, 0.2) is 6.29 Å². The lowest BCUT2D eigenvalue weighted by Gasteiger charge is -2.45. The number of hydrogen-bond donors (Lipinski definition) is 2. The topological polar surface area (TPSA) is 60.1 Å². The Morgan fingerprint density at radius 3 is 2.52 bits per heavy atom. The maximum Gasteiger partial charge on any atom is 0.206 e. The third-order valence-corrected chi connectivity index (χ3v) is 6.50. The summed E-state index contributed by atoms with van der Waals surface area (Å²) in [6.07, 6.45) is 7.56. The summed E-state index contributed by atoms with van der Waals surface area (Å²) in [5.41, 5.74) is 10.3. The fourth-order valence-corrected chi connectivity index (χ4v) is 4.99. The maximum atomic E-state index is 6.05.